The van der Waals surface area contributed by atoms with Crippen LogP contribution < -0.4 is 10.1 Å². The van der Waals surface area contributed by atoms with E-state index in [-0.39, 0.29) is 12.3 Å². The minimum absolute atomic E-state index is 0.000855. The third-order valence-electron chi connectivity index (χ3n) is 3.31. The van der Waals surface area contributed by atoms with Crippen molar-refractivity contribution in [2.24, 2.45) is 0 Å². The molecule has 1 unspecified atom stereocenters. The van der Waals surface area contributed by atoms with Gasteiger partial charge in [-0.25, -0.2) is 0 Å². The Balaban J connectivity index is 1.92. The zero-order chi connectivity index (χ0) is 17.5. The van der Waals surface area contributed by atoms with Gasteiger partial charge >= 0.3 is 5.97 Å². The molecule has 126 valence electrons. The molecule has 0 bridgehead atoms. The molecule has 0 amide bonds. The highest BCUT2D eigenvalue weighted by molar-refractivity contribution is 6.30. The van der Waals surface area contributed by atoms with Crippen molar-refractivity contribution in [3.8, 4) is 5.75 Å². The van der Waals surface area contributed by atoms with Crippen LogP contribution >= 0.6 is 11.6 Å². The lowest BCUT2D eigenvalue weighted by atomic mass is 10.0. The Morgan fingerprint density at radius 2 is 1.75 bits per heavy atom. The average molecular weight is 348 g/mol. The predicted octanol–water partition coefficient (Wildman–Crippen LogP) is 3.16. The molecule has 2 aromatic carbocycles. The number of hydrogen-bond acceptors (Lipinski definition) is 4. The van der Waals surface area contributed by atoms with Crippen LogP contribution in [0.15, 0.2) is 48.5 Å². The van der Waals surface area contributed by atoms with Gasteiger partial charge in [-0.1, -0.05) is 23.7 Å². The largest absolute Gasteiger partial charge is 0.480 e. The molecular weight excluding hydrogens is 330 g/mol. The van der Waals surface area contributed by atoms with Crippen molar-refractivity contribution in [1.82, 2.24) is 5.32 Å². The minimum Gasteiger partial charge on any atom is -0.480 e. The number of hydrogen-bond donors (Lipinski definition) is 2. The van der Waals surface area contributed by atoms with E-state index in [9.17, 15) is 9.59 Å². The van der Waals surface area contributed by atoms with E-state index >= 15 is 0 Å². The fourth-order valence-corrected chi connectivity index (χ4v) is 2.21. The molecule has 5 nitrogen and oxygen atoms in total. The highest BCUT2D eigenvalue weighted by Crippen LogP contribution is 2.16. The van der Waals surface area contributed by atoms with Gasteiger partial charge < -0.3 is 9.84 Å². The number of ketones is 1. The monoisotopic (exact) mass is 347 g/mol. The molecule has 0 aliphatic heterocycles. The van der Waals surface area contributed by atoms with Crippen molar-refractivity contribution in [2.45, 2.75) is 19.6 Å². The molecule has 6 heteroatoms. The average Bonchev–Trinajstić information content (AvgIpc) is 2.55. The van der Waals surface area contributed by atoms with E-state index < -0.39 is 12.2 Å². The number of carboxylic acid groups (broad SMARTS) is 1. The predicted molar refractivity (Wildman–Crippen MR) is 91.7 cm³/mol. The van der Waals surface area contributed by atoms with Crippen LogP contribution in [0.4, 0.5) is 0 Å². The van der Waals surface area contributed by atoms with E-state index in [0.29, 0.717) is 22.8 Å². The van der Waals surface area contributed by atoms with Crippen LogP contribution in [-0.2, 0) is 11.2 Å². The molecule has 2 aromatic rings. The molecule has 0 aliphatic carbocycles. The first-order chi connectivity index (χ1) is 11.4. The van der Waals surface area contributed by atoms with Gasteiger partial charge in [0.05, 0.1) is 6.54 Å². The van der Waals surface area contributed by atoms with Gasteiger partial charge in [-0.3, -0.25) is 14.9 Å². The zero-order valence-corrected chi connectivity index (χ0v) is 13.9. The van der Waals surface area contributed by atoms with Crippen LogP contribution in [0.1, 0.15) is 22.8 Å². The van der Waals surface area contributed by atoms with Crippen molar-refractivity contribution < 1.29 is 19.4 Å². The lowest BCUT2D eigenvalue weighted by Gasteiger charge is -2.15. The number of rotatable bonds is 8. The Morgan fingerprint density at radius 3 is 2.33 bits per heavy atom. The summed E-state index contributed by atoms with van der Waals surface area (Å²) in [5.41, 5.74) is 1.49. The van der Waals surface area contributed by atoms with E-state index in [0.717, 1.165) is 5.56 Å². The van der Waals surface area contributed by atoms with Gasteiger partial charge in [-0.05, 0) is 48.9 Å². The second-order valence-corrected chi connectivity index (χ2v) is 5.72. The maximum absolute atomic E-state index is 12.3. The Hall–Kier alpha value is -2.37. The van der Waals surface area contributed by atoms with E-state index in [2.05, 4.69) is 5.32 Å². The van der Waals surface area contributed by atoms with Gasteiger partial charge in [0.1, 0.15) is 12.0 Å². The van der Waals surface area contributed by atoms with Gasteiger partial charge in [0, 0.05) is 17.0 Å². The molecular formula is C18H18ClNO4. The number of aliphatic carboxylic acids is 1. The number of carbonyl (C=O) groups excluding carboxylic acids is 1. The van der Waals surface area contributed by atoms with Crippen molar-refractivity contribution in [3.63, 3.8) is 0 Å². The van der Waals surface area contributed by atoms with Gasteiger partial charge in [0.2, 0.25) is 0 Å². The highest BCUT2D eigenvalue weighted by Gasteiger charge is 2.09. The molecule has 0 saturated heterocycles. The Kier molecular flexibility index (Phi) is 6.35. The SMILES string of the molecule is CC(NCC(=O)O)Oc1ccc(C(=O)Cc2ccc(Cl)cc2)cc1. The van der Waals surface area contributed by atoms with Gasteiger partial charge in [-0.2, -0.15) is 0 Å². The van der Waals surface area contributed by atoms with Crippen molar-refractivity contribution in [2.75, 3.05) is 6.54 Å². The van der Waals surface area contributed by atoms with E-state index in [4.69, 9.17) is 21.4 Å². The van der Waals surface area contributed by atoms with Crippen LogP contribution in [0.2, 0.25) is 5.02 Å². The Bertz CT molecular complexity index is 698. The van der Waals surface area contributed by atoms with Crippen molar-refractivity contribution in [1.29, 1.82) is 0 Å². The maximum atomic E-state index is 12.3. The second-order valence-electron chi connectivity index (χ2n) is 5.29. The maximum Gasteiger partial charge on any atom is 0.317 e. The number of halogens is 1. The van der Waals surface area contributed by atoms with E-state index in [1.165, 1.54) is 0 Å². The third-order valence-corrected chi connectivity index (χ3v) is 3.56. The normalized spacial score (nSPS) is 11.8. The van der Waals surface area contributed by atoms with Crippen LogP contribution in [0.3, 0.4) is 0 Å². The molecule has 0 saturated carbocycles. The summed E-state index contributed by atoms with van der Waals surface area (Å²) in [6.07, 6.45) is -0.148. The summed E-state index contributed by atoms with van der Waals surface area (Å²) >= 11 is 5.83. The fraction of sp³-hybridized carbons (Fsp3) is 0.222. The Morgan fingerprint density at radius 1 is 1.12 bits per heavy atom. The first-order valence-electron chi connectivity index (χ1n) is 7.43. The van der Waals surface area contributed by atoms with Crippen LogP contribution in [0, 0.1) is 0 Å². The summed E-state index contributed by atoms with van der Waals surface area (Å²) in [7, 11) is 0. The molecule has 0 radical (unpaired) electrons. The third kappa shape index (κ3) is 5.68. The first-order valence-corrected chi connectivity index (χ1v) is 7.81. The summed E-state index contributed by atoms with van der Waals surface area (Å²) in [6, 6.07) is 13.9. The standard InChI is InChI=1S/C18H18ClNO4/c1-12(20-11-18(22)23)24-16-8-4-14(5-9-16)17(21)10-13-2-6-15(19)7-3-13/h2-9,12,20H,10-11H2,1H3,(H,22,23). The zero-order valence-electron chi connectivity index (χ0n) is 13.2. The van der Waals surface area contributed by atoms with Gasteiger partial charge in [0.15, 0.2) is 5.78 Å². The van der Waals surface area contributed by atoms with Crippen molar-refractivity contribution >= 4 is 23.4 Å². The molecule has 1 atom stereocenters. The first kappa shape index (κ1) is 18.0. The molecule has 0 heterocycles. The second kappa shape index (κ2) is 8.47. The molecule has 2 rings (SSSR count). The lowest BCUT2D eigenvalue weighted by molar-refractivity contribution is -0.136. The molecule has 2 N–H and O–H groups in total. The quantitative estimate of drug-likeness (QED) is 0.566. The molecule has 24 heavy (non-hydrogen) atoms. The molecule has 0 fully saturated rings. The van der Waals surface area contributed by atoms with E-state index in [1.807, 2.05) is 12.1 Å². The highest BCUT2D eigenvalue weighted by atomic mass is 35.5. The topological polar surface area (TPSA) is 75.6 Å². The Labute approximate surface area is 145 Å². The fourth-order valence-electron chi connectivity index (χ4n) is 2.09. The summed E-state index contributed by atoms with van der Waals surface area (Å²) in [5, 5.41) is 11.9. The number of ether oxygens (including phenoxy) is 1. The van der Waals surface area contributed by atoms with Crippen LogP contribution in [0.5, 0.6) is 5.75 Å². The summed E-state index contributed by atoms with van der Waals surface area (Å²) in [5.74, 6) is -0.391. The smallest absolute Gasteiger partial charge is 0.317 e. The molecule has 0 spiro atoms. The van der Waals surface area contributed by atoms with Gasteiger partial charge in [0.25, 0.3) is 0 Å². The minimum atomic E-state index is -0.950. The summed E-state index contributed by atoms with van der Waals surface area (Å²) in [6.45, 7) is 1.53. The van der Waals surface area contributed by atoms with Crippen LogP contribution in [0.25, 0.3) is 0 Å². The molecule has 0 aromatic heterocycles. The van der Waals surface area contributed by atoms with E-state index in [1.54, 1.807) is 43.3 Å². The number of benzene rings is 2. The van der Waals surface area contributed by atoms with Crippen LogP contribution in [-0.4, -0.2) is 29.6 Å². The molecule has 0 aliphatic rings. The van der Waals surface area contributed by atoms with Gasteiger partial charge in [-0.15, -0.1) is 0 Å². The number of carbonyl (C=O) groups is 2. The van der Waals surface area contributed by atoms with Crippen molar-refractivity contribution in [3.05, 3.63) is 64.7 Å². The summed E-state index contributed by atoms with van der Waals surface area (Å²) in [4.78, 5) is 22.7. The number of nitrogens with one attached hydrogen (secondary N) is 1. The number of Topliss-reactive ketones (excluding diaryl/α,β-unsaturated/α-hetero) is 1. The lowest BCUT2D eigenvalue weighted by Crippen LogP contribution is -2.35. The number of carboxylic acids is 1. The summed E-state index contributed by atoms with van der Waals surface area (Å²) < 4.78 is 5.53.